The van der Waals surface area contributed by atoms with Crippen LogP contribution in [0.1, 0.15) is 10.4 Å². The van der Waals surface area contributed by atoms with Gasteiger partial charge in [-0.3, -0.25) is 10.1 Å². The fourth-order valence-corrected chi connectivity index (χ4v) is 2.43. The molecule has 1 heterocycles. The summed E-state index contributed by atoms with van der Waals surface area (Å²) in [6.07, 6.45) is 0.650. The van der Waals surface area contributed by atoms with E-state index in [9.17, 15) is 10.1 Å². The van der Waals surface area contributed by atoms with E-state index in [1.165, 1.54) is 17.4 Å². The molecule has 0 spiro atoms. The van der Waals surface area contributed by atoms with E-state index in [1.807, 2.05) is 24.3 Å². The Bertz CT molecular complexity index is 551. The minimum absolute atomic E-state index is 0.144. The molecule has 0 bridgehead atoms. The topological polar surface area (TPSA) is 75.4 Å². The van der Waals surface area contributed by atoms with Gasteiger partial charge in [0.1, 0.15) is 0 Å². The zero-order valence-corrected chi connectivity index (χ0v) is 11.0. The Hall–Kier alpha value is -1.92. The van der Waals surface area contributed by atoms with Crippen LogP contribution in [0.3, 0.4) is 0 Å². The Morgan fingerprint density at radius 3 is 2.53 bits per heavy atom. The molecule has 2 aromatic rings. The third-order valence-corrected chi connectivity index (χ3v) is 3.69. The van der Waals surface area contributed by atoms with Crippen molar-refractivity contribution in [1.82, 2.24) is 0 Å². The van der Waals surface area contributed by atoms with Crippen LogP contribution in [-0.4, -0.2) is 16.6 Å². The molecule has 19 heavy (non-hydrogen) atoms. The van der Waals surface area contributed by atoms with Crippen LogP contribution >= 0.6 is 11.3 Å². The molecular weight excluding hydrogens is 264 g/mol. The first-order valence-corrected chi connectivity index (χ1v) is 6.67. The Balaban J connectivity index is 1.92. The summed E-state index contributed by atoms with van der Waals surface area (Å²) < 4.78 is 0. The van der Waals surface area contributed by atoms with Crippen LogP contribution in [0.15, 0.2) is 36.4 Å². The summed E-state index contributed by atoms with van der Waals surface area (Å²) in [7, 11) is 0. The van der Waals surface area contributed by atoms with Crippen molar-refractivity contribution in [3.05, 3.63) is 57.0 Å². The average Bonchev–Trinajstić information content (AvgIpc) is 2.87. The number of aliphatic hydroxyl groups excluding tert-OH is 1. The van der Waals surface area contributed by atoms with Crippen molar-refractivity contribution in [2.75, 3.05) is 11.9 Å². The van der Waals surface area contributed by atoms with Gasteiger partial charge in [0, 0.05) is 29.8 Å². The monoisotopic (exact) mass is 278 g/mol. The quantitative estimate of drug-likeness (QED) is 0.629. The van der Waals surface area contributed by atoms with E-state index in [1.54, 1.807) is 6.07 Å². The fraction of sp³-hybridized carbons (Fsp3) is 0.231. The molecule has 5 nitrogen and oxygen atoms in total. The molecule has 1 aromatic carbocycles. The summed E-state index contributed by atoms with van der Waals surface area (Å²) in [5.41, 5.74) is 2.04. The molecule has 100 valence electrons. The molecule has 1 aromatic heterocycles. The van der Waals surface area contributed by atoms with Gasteiger partial charge in [-0.25, -0.2) is 0 Å². The second-order valence-electron chi connectivity index (χ2n) is 4.02. The molecule has 0 aliphatic carbocycles. The highest BCUT2D eigenvalue weighted by Crippen LogP contribution is 2.24. The SMILES string of the molecule is O=[N+]([O-])c1ccc(CNc2ccc(CCO)cc2)s1. The summed E-state index contributed by atoms with van der Waals surface area (Å²) in [6.45, 7) is 0.712. The fourth-order valence-electron chi connectivity index (χ4n) is 1.67. The predicted octanol–water partition coefficient (Wildman–Crippen LogP) is 2.80. The van der Waals surface area contributed by atoms with Gasteiger partial charge in [-0.05, 0) is 30.2 Å². The molecule has 0 fully saturated rings. The minimum atomic E-state index is -0.377. The summed E-state index contributed by atoms with van der Waals surface area (Å²) in [6, 6.07) is 11.1. The van der Waals surface area contributed by atoms with E-state index in [0.29, 0.717) is 13.0 Å². The largest absolute Gasteiger partial charge is 0.396 e. The number of thiophene rings is 1. The molecule has 2 rings (SSSR count). The van der Waals surface area contributed by atoms with Gasteiger partial charge >= 0.3 is 5.00 Å². The number of nitrogens with one attached hydrogen (secondary N) is 1. The molecule has 0 unspecified atom stereocenters. The third kappa shape index (κ3) is 3.77. The number of nitrogens with zero attached hydrogens (tertiary/aromatic N) is 1. The molecule has 0 saturated carbocycles. The Morgan fingerprint density at radius 1 is 1.21 bits per heavy atom. The lowest BCUT2D eigenvalue weighted by Gasteiger charge is -2.05. The van der Waals surface area contributed by atoms with E-state index in [4.69, 9.17) is 5.11 Å². The smallest absolute Gasteiger partial charge is 0.324 e. The molecule has 0 aliphatic rings. The normalized spacial score (nSPS) is 10.4. The van der Waals surface area contributed by atoms with Crippen molar-refractivity contribution in [3.63, 3.8) is 0 Å². The van der Waals surface area contributed by atoms with Crippen LogP contribution in [0, 0.1) is 10.1 Å². The van der Waals surface area contributed by atoms with Gasteiger partial charge in [-0.2, -0.15) is 0 Å². The van der Waals surface area contributed by atoms with Gasteiger partial charge in [-0.15, -0.1) is 0 Å². The summed E-state index contributed by atoms with van der Waals surface area (Å²) in [5.74, 6) is 0. The van der Waals surface area contributed by atoms with Crippen LogP contribution < -0.4 is 5.32 Å². The Kier molecular flexibility index (Phi) is 4.48. The van der Waals surface area contributed by atoms with E-state index < -0.39 is 0 Å². The molecule has 0 amide bonds. The van der Waals surface area contributed by atoms with Gasteiger partial charge in [0.2, 0.25) is 0 Å². The van der Waals surface area contributed by atoms with E-state index in [2.05, 4.69) is 5.32 Å². The Morgan fingerprint density at radius 2 is 1.95 bits per heavy atom. The molecule has 6 heteroatoms. The lowest BCUT2D eigenvalue weighted by Crippen LogP contribution is -1.97. The zero-order valence-electron chi connectivity index (χ0n) is 10.2. The number of anilines is 1. The summed E-state index contributed by atoms with van der Waals surface area (Å²) >= 11 is 1.18. The highest BCUT2D eigenvalue weighted by molar-refractivity contribution is 7.15. The van der Waals surface area contributed by atoms with E-state index in [0.717, 1.165) is 16.1 Å². The van der Waals surface area contributed by atoms with E-state index in [-0.39, 0.29) is 16.5 Å². The lowest BCUT2D eigenvalue weighted by atomic mass is 10.1. The van der Waals surface area contributed by atoms with Gasteiger partial charge in [0.25, 0.3) is 0 Å². The zero-order chi connectivity index (χ0) is 13.7. The van der Waals surface area contributed by atoms with Crippen molar-refractivity contribution >= 4 is 22.0 Å². The Labute approximate surface area is 114 Å². The lowest BCUT2D eigenvalue weighted by molar-refractivity contribution is -0.380. The summed E-state index contributed by atoms with van der Waals surface area (Å²) in [5, 5.41) is 22.8. The highest BCUT2D eigenvalue weighted by atomic mass is 32.1. The summed E-state index contributed by atoms with van der Waals surface area (Å²) in [4.78, 5) is 11.1. The number of nitro groups is 1. The molecule has 0 radical (unpaired) electrons. The van der Waals surface area contributed by atoms with E-state index >= 15 is 0 Å². The first-order chi connectivity index (χ1) is 9.19. The molecule has 0 atom stereocenters. The van der Waals surface area contributed by atoms with Crippen LogP contribution in [-0.2, 0) is 13.0 Å². The second-order valence-corrected chi connectivity index (χ2v) is 5.17. The second kappa shape index (κ2) is 6.31. The maximum atomic E-state index is 10.6. The number of hydrogen-bond donors (Lipinski definition) is 2. The van der Waals surface area contributed by atoms with Gasteiger partial charge in [-0.1, -0.05) is 23.5 Å². The van der Waals surface area contributed by atoms with Gasteiger partial charge in [0.15, 0.2) is 0 Å². The van der Waals surface area contributed by atoms with Crippen LogP contribution in [0.25, 0.3) is 0 Å². The maximum absolute atomic E-state index is 10.6. The van der Waals surface area contributed by atoms with Crippen molar-refractivity contribution in [2.45, 2.75) is 13.0 Å². The molecule has 0 saturated heterocycles. The molecule has 2 N–H and O–H groups in total. The van der Waals surface area contributed by atoms with Crippen molar-refractivity contribution in [3.8, 4) is 0 Å². The number of hydrogen-bond acceptors (Lipinski definition) is 5. The average molecular weight is 278 g/mol. The number of aliphatic hydroxyl groups is 1. The van der Waals surface area contributed by atoms with Gasteiger partial charge in [0.05, 0.1) is 4.92 Å². The number of benzene rings is 1. The molecule has 0 aliphatic heterocycles. The minimum Gasteiger partial charge on any atom is -0.396 e. The van der Waals surface area contributed by atoms with Crippen LogP contribution in [0.2, 0.25) is 0 Å². The van der Waals surface area contributed by atoms with Crippen LogP contribution in [0.4, 0.5) is 10.7 Å². The maximum Gasteiger partial charge on any atom is 0.324 e. The number of rotatable bonds is 6. The predicted molar refractivity (Wildman–Crippen MR) is 75.5 cm³/mol. The van der Waals surface area contributed by atoms with Crippen molar-refractivity contribution < 1.29 is 10.0 Å². The van der Waals surface area contributed by atoms with Crippen molar-refractivity contribution in [2.24, 2.45) is 0 Å². The standard InChI is InChI=1S/C13H14N2O3S/c16-8-7-10-1-3-11(4-2-10)14-9-12-5-6-13(19-12)15(17)18/h1-6,14,16H,7-9H2. The molecular formula is C13H14N2O3S. The van der Waals surface area contributed by atoms with Crippen LogP contribution in [0.5, 0.6) is 0 Å². The van der Waals surface area contributed by atoms with Crippen molar-refractivity contribution in [1.29, 1.82) is 0 Å². The highest BCUT2D eigenvalue weighted by Gasteiger charge is 2.09. The third-order valence-electron chi connectivity index (χ3n) is 2.65. The first-order valence-electron chi connectivity index (χ1n) is 5.86. The van der Waals surface area contributed by atoms with Gasteiger partial charge < -0.3 is 10.4 Å². The first kappa shape index (κ1) is 13.5.